The average molecular weight is 293 g/mol. The predicted octanol–water partition coefficient (Wildman–Crippen LogP) is 2.76. The van der Waals surface area contributed by atoms with E-state index >= 15 is 0 Å². The van der Waals surface area contributed by atoms with Crippen LogP contribution < -0.4 is 0 Å². The Morgan fingerprint density at radius 3 is 2.90 bits per heavy atom. The Morgan fingerprint density at radius 2 is 2.24 bits per heavy atom. The van der Waals surface area contributed by atoms with Gasteiger partial charge >= 0.3 is 5.97 Å². The number of rotatable bonds is 7. The Bertz CT molecular complexity index is 468. The van der Waals surface area contributed by atoms with Gasteiger partial charge in [-0.25, -0.2) is 0 Å². The Balaban J connectivity index is 2.01. The molecule has 5 heteroatoms. The van der Waals surface area contributed by atoms with Crippen LogP contribution in [0.15, 0.2) is 12.4 Å². The molecule has 0 aromatic carbocycles. The second-order valence-corrected chi connectivity index (χ2v) is 6.26. The summed E-state index contributed by atoms with van der Waals surface area (Å²) in [5, 5.41) is 14.0. The van der Waals surface area contributed by atoms with E-state index in [1.807, 2.05) is 10.9 Å². The number of aliphatic carboxylic acids is 1. The van der Waals surface area contributed by atoms with Crippen molar-refractivity contribution in [2.24, 2.45) is 5.41 Å². The van der Waals surface area contributed by atoms with Gasteiger partial charge in [0, 0.05) is 31.4 Å². The molecule has 2 rings (SSSR count). The van der Waals surface area contributed by atoms with Gasteiger partial charge in [-0.15, -0.1) is 0 Å². The van der Waals surface area contributed by atoms with Crippen molar-refractivity contribution in [1.29, 1.82) is 0 Å². The molecule has 1 aliphatic heterocycles. The topological polar surface area (TPSA) is 58.4 Å². The van der Waals surface area contributed by atoms with Gasteiger partial charge in [-0.1, -0.05) is 20.3 Å². The van der Waals surface area contributed by atoms with Crippen LogP contribution in [-0.4, -0.2) is 38.8 Å². The summed E-state index contributed by atoms with van der Waals surface area (Å²) in [5.74, 6) is -0.629. The molecule has 1 aliphatic rings. The molecular weight excluding hydrogens is 266 g/mol. The second-order valence-electron chi connectivity index (χ2n) is 6.26. The van der Waals surface area contributed by atoms with Crippen molar-refractivity contribution in [3.05, 3.63) is 18.0 Å². The molecule has 0 aliphatic carbocycles. The van der Waals surface area contributed by atoms with Crippen molar-refractivity contribution in [3.63, 3.8) is 0 Å². The van der Waals surface area contributed by atoms with Gasteiger partial charge in [-0.3, -0.25) is 14.4 Å². The highest BCUT2D eigenvalue weighted by atomic mass is 16.4. The molecule has 0 bridgehead atoms. The van der Waals surface area contributed by atoms with Crippen molar-refractivity contribution < 1.29 is 9.90 Å². The number of nitrogens with zero attached hydrogens (tertiary/aromatic N) is 3. The number of hydrogen-bond acceptors (Lipinski definition) is 3. The number of aromatic nitrogens is 2. The van der Waals surface area contributed by atoms with Crippen LogP contribution in [0.4, 0.5) is 0 Å². The minimum atomic E-state index is -0.629. The monoisotopic (exact) mass is 293 g/mol. The zero-order chi connectivity index (χ0) is 15.3. The largest absolute Gasteiger partial charge is 0.481 e. The molecule has 1 fully saturated rings. The fourth-order valence-electron chi connectivity index (χ4n) is 3.42. The lowest BCUT2D eigenvalue weighted by Gasteiger charge is -2.39. The molecule has 1 saturated heterocycles. The Hall–Kier alpha value is -1.36. The molecule has 5 nitrogen and oxygen atoms in total. The maximum atomic E-state index is 11.7. The number of piperidine rings is 1. The summed E-state index contributed by atoms with van der Waals surface area (Å²) < 4.78 is 1.97. The van der Waals surface area contributed by atoms with E-state index in [0.717, 1.165) is 51.7 Å². The van der Waals surface area contributed by atoms with Crippen LogP contribution in [0.5, 0.6) is 0 Å². The van der Waals surface area contributed by atoms with Crippen molar-refractivity contribution in [3.8, 4) is 0 Å². The summed E-state index contributed by atoms with van der Waals surface area (Å²) >= 11 is 0. The van der Waals surface area contributed by atoms with Crippen LogP contribution in [0.3, 0.4) is 0 Å². The van der Waals surface area contributed by atoms with E-state index < -0.39 is 11.4 Å². The van der Waals surface area contributed by atoms with Crippen LogP contribution in [0.1, 0.15) is 51.5 Å². The van der Waals surface area contributed by atoms with Gasteiger partial charge < -0.3 is 5.11 Å². The number of carboxylic acids is 1. The first-order valence-electron chi connectivity index (χ1n) is 8.06. The minimum absolute atomic E-state index is 0.549. The fourth-order valence-corrected chi connectivity index (χ4v) is 3.42. The molecule has 21 heavy (non-hydrogen) atoms. The minimum Gasteiger partial charge on any atom is -0.481 e. The molecule has 2 heterocycles. The summed E-state index contributed by atoms with van der Waals surface area (Å²) in [6.07, 6.45) is 8.54. The highest BCUT2D eigenvalue weighted by molar-refractivity contribution is 5.75. The number of likely N-dealkylation sites (tertiary alicyclic amines) is 1. The SMILES string of the molecule is CCCn1cc(CN2CCCC(CCC)(C(=O)O)C2)cn1. The zero-order valence-corrected chi connectivity index (χ0v) is 13.2. The first kappa shape index (κ1) is 16.0. The molecule has 0 radical (unpaired) electrons. The highest BCUT2D eigenvalue weighted by Crippen LogP contribution is 2.35. The van der Waals surface area contributed by atoms with Crippen LogP contribution in [0, 0.1) is 5.41 Å². The quantitative estimate of drug-likeness (QED) is 0.840. The number of carboxylic acid groups (broad SMARTS) is 1. The fraction of sp³-hybridized carbons (Fsp3) is 0.750. The molecule has 0 spiro atoms. The van der Waals surface area contributed by atoms with Crippen LogP contribution >= 0.6 is 0 Å². The molecule has 118 valence electrons. The highest BCUT2D eigenvalue weighted by Gasteiger charge is 2.41. The van der Waals surface area contributed by atoms with Gasteiger partial charge in [0.2, 0.25) is 0 Å². The van der Waals surface area contributed by atoms with Gasteiger partial charge in [-0.05, 0) is 32.2 Å². The summed E-state index contributed by atoms with van der Waals surface area (Å²) in [6, 6.07) is 0. The summed E-state index contributed by atoms with van der Waals surface area (Å²) in [4.78, 5) is 14.0. The lowest BCUT2D eigenvalue weighted by molar-refractivity contribution is -0.153. The number of carbonyl (C=O) groups is 1. The van der Waals surface area contributed by atoms with Crippen LogP contribution in [0.25, 0.3) is 0 Å². The van der Waals surface area contributed by atoms with E-state index in [4.69, 9.17) is 0 Å². The van der Waals surface area contributed by atoms with E-state index in [2.05, 4.69) is 30.0 Å². The van der Waals surface area contributed by atoms with Crippen LogP contribution in [-0.2, 0) is 17.9 Å². The van der Waals surface area contributed by atoms with Gasteiger partial charge in [0.05, 0.1) is 11.6 Å². The smallest absolute Gasteiger partial charge is 0.310 e. The zero-order valence-electron chi connectivity index (χ0n) is 13.2. The molecule has 0 saturated carbocycles. The third-order valence-electron chi connectivity index (χ3n) is 4.38. The third-order valence-corrected chi connectivity index (χ3v) is 4.38. The third kappa shape index (κ3) is 3.84. The average Bonchev–Trinajstić information content (AvgIpc) is 2.87. The van der Waals surface area contributed by atoms with Gasteiger partial charge in [-0.2, -0.15) is 5.10 Å². The lowest BCUT2D eigenvalue weighted by atomic mass is 9.76. The van der Waals surface area contributed by atoms with Crippen molar-refractivity contribution in [2.75, 3.05) is 13.1 Å². The normalized spacial score (nSPS) is 23.3. The van der Waals surface area contributed by atoms with E-state index in [1.165, 1.54) is 5.56 Å². The first-order chi connectivity index (χ1) is 10.1. The van der Waals surface area contributed by atoms with Crippen molar-refractivity contribution in [1.82, 2.24) is 14.7 Å². The summed E-state index contributed by atoms with van der Waals surface area (Å²) in [5.41, 5.74) is 0.632. The number of aryl methyl sites for hydroxylation is 1. The molecule has 1 N–H and O–H groups in total. The Labute approximate surface area is 126 Å². The molecule has 1 aromatic rings. The molecule has 1 aromatic heterocycles. The van der Waals surface area contributed by atoms with Crippen molar-refractivity contribution >= 4 is 5.97 Å². The number of hydrogen-bond donors (Lipinski definition) is 1. The molecule has 1 unspecified atom stereocenters. The molecular formula is C16H27N3O2. The Kier molecular flexibility index (Phi) is 5.39. The van der Waals surface area contributed by atoms with Gasteiger partial charge in [0.15, 0.2) is 0 Å². The van der Waals surface area contributed by atoms with E-state index in [1.54, 1.807) is 0 Å². The maximum Gasteiger partial charge on any atom is 0.310 e. The predicted molar refractivity (Wildman–Crippen MR) is 82.0 cm³/mol. The van der Waals surface area contributed by atoms with E-state index in [-0.39, 0.29) is 0 Å². The Morgan fingerprint density at radius 1 is 1.43 bits per heavy atom. The molecule has 0 amide bonds. The van der Waals surface area contributed by atoms with Crippen LogP contribution in [0.2, 0.25) is 0 Å². The van der Waals surface area contributed by atoms with Gasteiger partial charge in [0.1, 0.15) is 0 Å². The standard InChI is InChI=1S/C16H27N3O2/c1-3-6-16(15(20)21)7-5-9-18(13-16)11-14-10-17-19(12-14)8-4-2/h10,12H,3-9,11,13H2,1-2H3,(H,20,21). The second kappa shape index (κ2) is 7.07. The van der Waals surface area contributed by atoms with E-state index in [0.29, 0.717) is 6.54 Å². The summed E-state index contributed by atoms with van der Waals surface area (Å²) in [6.45, 7) is 7.60. The maximum absolute atomic E-state index is 11.7. The van der Waals surface area contributed by atoms with Crippen molar-refractivity contribution in [2.45, 2.75) is 59.0 Å². The van der Waals surface area contributed by atoms with Gasteiger partial charge in [0.25, 0.3) is 0 Å². The lowest BCUT2D eigenvalue weighted by Crippen LogP contribution is -2.47. The van der Waals surface area contributed by atoms with E-state index in [9.17, 15) is 9.90 Å². The summed E-state index contributed by atoms with van der Waals surface area (Å²) in [7, 11) is 0. The first-order valence-corrected chi connectivity index (χ1v) is 8.06. The molecule has 1 atom stereocenters.